The number of carbonyl (C=O) groups is 1. The molecule has 1 atom stereocenters. The first-order chi connectivity index (χ1) is 15.9. The van der Waals surface area contributed by atoms with E-state index >= 15 is 0 Å². The monoisotopic (exact) mass is 483 g/mol. The summed E-state index contributed by atoms with van der Waals surface area (Å²) in [5.74, 6) is -0.366. The Morgan fingerprint density at radius 1 is 1.18 bits per heavy atom. The third-order valence-electron chi connectivity index (χ3n) is 6.71. The number of aryl methyl sites for hydroxylation is 2. The van der Waals surface area contributed by atoms with Gasteiger partial charge in [0.1, 0.15) is 16.3 Å². The Kier molecular flexibility index (Phi) is 7.73. The first kappa shape index (κ1) is 26.2. The Morgan fingerprint density at radius 3 is 2.35 bits per heavy atom. The Balaban J connectivity index is 1.91. The predicted octanol–water partition coefficient (Wildman–Crippen LogP) is 6.20. The summed E-state index contributed by atoms with van der Waals surface area (Å²) in [5, 5.41) is 20.8. The van der Waals surface area contributed by atoms with Gasteiger partial charge in [-0.15, -0.1) is 0 Å². The van der Waals surface area contributed by atoms with Crippen LogP contribution in [0.2, 0.25) is 0 Å². The normalized spacial score (nSPS) is 19.0. The highest BCUT2D eigenvalue weighted by Gasteiger charge is 2.44. The van der Waals surface area contributed by atoms with Gasteiger partial charge in [-0.1, -0.05) is 64.6 Å². The standard InChI is InChI=1S/C28H37NO4S/c1-17(2)28(12-11-19-7-9-21(29)10-8-19)15-23(31)25(26(32)33-28)34-24-13-18(3)20(16-30)14-22(24)27(4,5)6/h7-10,13-14,17,30-31H,11-12,15-16,29H2,1-6H3. The molecule has 0 amide bonds. The summed E-state index contributed by atoms with van der Waals surface area (Å²) < 4.78 is 6.09. The van der Waals surface area contributed by atoms with Crippen LogP contribution in [-0.2, 0) is 28.0 Å². The molecule has 184 valence electrons. The van der Waals surface area contributed by atoms with Crippen LogP contribution < -0.4 is 5.73 Å². The molecular formula is C28H37NO4S. The van der Waals surface area contributed by atoms with E-state index in [1.807, 2.05) is 57.2 Å². The number of nitrogens with two attached hydrogens (primary N) is 1. The predicted molar refractivity (Wildman–Crippen MR) is 139 cm³/mol. The van der Waals surface area contributed by atoms with E-state index in [1.165, 1.54) is 11.8 Å². The molecule has 34 heavy (non-hydrogen) atoms. The molecule has 1 aliphatic heterocycles. The molecule has 0 aromatic heterocycles. The largest absolute Gasteiger partial charge is 0.511 e. The van der Waals surface area contributed by atoms with Crippen LogP contribution in [0.1, 0.15) is 69.7 Å². The van der Waals surface area contributed by atoms with Crippen molar-refractivity contribution in [1.82, 2.24) is 0 Å². The number of hydrogen-bond acceptors (Lipinski definition) is 6. The van der Waals surface area contributed by atoms with E-state index in [0.717, 1.165) is 33.6 Å². The van der Waals surface area contributed by atoms with Crippen molar-refractivity contribution in [2.24, 2.45) is 5.92 Å². The Morgan fingerprint density at radius 2 is 1.82 bits per heavy atom. The number of aliphatic hydroxyl groups is 2. The number of rotatable bonds is 7. The number of cyclic esters (lactones) is 1. The van der Waals surface area contributed by atoms with Gasteiger partial charge in [-0.05, 0) is 71.6 Å². The maximum atomic E-state index is 13.2. The molecule has 6 heteroatoms. The fraction of sp³-hybridized carbons (Fsp3) is 0.464. The van der Waals surface area contributed by atoms with Crippen LogP contribution in [0, 0.1) is 12.8 Å². The maximum Gasteiger partial charge on any atom is 0.349 e. The number of esters is 1. The SMILES string of the molecule is Cc1cc(SC2=C(O)CC(CCc3ccc(N)cc3)(C(C)C)OC2=O)c(C(C)(C)C)cc1CO. The molecule has 4 N–H and O–H groups in total. The van der Waals surface area contributed by atoms with E-state index in [0.29, 0.717) is 12.1 Å². The van der Waals surface area contributed by atoms with Crippen molar-refractivity contribution in [2.45, 2.75) is 83.3 Å². The number of benzene rings is 2. The van der Waals surface area contributed by atoms with Crippen molar-refractivity contribution < 1.29 is 19.7 Å². The molecule has 0 saturated heterocycles. The fourth-order valence-electron chi connectivity index (χ4n) is 4.32. The summed E-state index contributed by atoms with van der Waals surface area (Å²) in [5.41, 5.74) is 9.48. The fourth-order valence-corrected chi connectivity index (χ4v) is 5.56. The number of thioether (sulfide) groups is 1. The average Bonchev–Trinajstić information content (AvgIpc) is 2.75. The van der Waals surface area contributed by atoms with Crippen LogP contribution in [0.25, 0.3) is 0 Å². The summed E-state index contributed by atoms with van der Waals surface area (Å²) in [6, 6.07) is 11.7. The lowest BCUT2D eigenvalue weighted by molar-refractivity contribution is -0.164. The summed E-state index contributed by atoms with van der Waals surface area (Å²) in [7, 11) is 0. The van der Waals surface area contributed by atoms with Gasteiger partial charge < -0.3 is 20.7 Å². The first-order valence-corrected chi connectivity index (χ1v) is 12.6. The van der Waals surface area contributed by atoms with E-state index in [1.54, 1.807) is 0 Å². The number of anilines is 1. The second kappa shape index (κ2) is 10.0. The zero-order valence-corrected chi connectivity index (χ0v) is 21.9. The second-order valence-corrected chi connectivity index (χ2v) is 11.6. The molecule has 2 aromatic rings. The van der Waals surface area contributed by atoms with Gasteiger partial charge in [0, 0.05) is 17.0 Å². The maximum absolute atomic E-state index is 13.2. The number of aliphatic hydroxyl groups excluding tert-OH is 2. The summed E-state index contributed by atoms with van der Waals surface area (Å²) >= 11 is 1.26. The quantitative estimate of drug-likeness (QED) is 0.321. The molecule has 1 unspecified atom stereocenters. The highest BCUT2D eigenvalue weighted by Crippen LogP contribution is 2.45. The molecule has 0 aliphatic carbocycles. The Labute approximate surface area is 207 Å². The summed E-state index contributed by atoms with van der Waals surface area (Å²) in [6.07, 6.45) is 1.61. The number of carbonyl (C=O) groups excluding carboxylic acids is 1. The van der Waals surface area contributed by atoms with Crippen molar-refractivity contribution in [2.75, 3.05) is 5.73 Å². The van der Waals surface area contributed by atoms with Gasteiger partial charge in [0.05, 0.1) is 6.61 Å². The minimum atomic E-state index is -0.768. The highest BCUT2D eigenvalue weighted by atomic mass is 32.2. The lowest BCUT2D eigenvalue weighted by Gasteiger charge is -2.40. The van der Waals surface area contributed by atoms with Crippen LogP contribution >= 0.6 is 11.8 Å². The minimum absolute atomic E-state index is 0.0372. The van der Waals surface area contributed by atoms with Crippen molar-refractivity contribution in [3.05, 3.63) is 69.3 Å². The molecule has 0 saturated carbocycles. The number of nitrogen functional groups attached to an aromatic ring is 1. The van der Waals surface area contributed by atoms with Crippen LogP contribution in [0.4, 0.5) is 5.69 Å². The second-order valence-electron chi connectivity index (χ2n) is 10.6. The van der Waals surface area contributed by atoms with Crippen LogP contribution in [-0.4, -0.2) is 21.8 Å². The zero-order valence-electron chi connectivity index (χ0n) is 21.1. The Bertz CT molecular complexity index is 1080. The minimum Gasteiger partial charge on any atom is -0.511 e. The van der Waals surface area contributed by atoms with Crippen LogP contribution in [0.5, 0.6) is 0 Å². The van der Waals surface area contributed by atoms with Gasteiger partial charge in [0.25, 0.3) is 0 Å². The number of hydrogen-bond donors (Lipinski definition) is 3. The lowest BCUT2D eigenvalue weighted by atomic mass is 9.80. The van der Waals surface area contributed by atoms with Gasteiger partial charge in [0.15, 0.2) is 0 Å². The van der Waals surface area contributed by atoms with E-state index in [4.69, 9.17) is 10.5 Å². The van der Waals surface area contributed by atoms with E-state index < -0.39 is 11.6 Å². The van der Waals surface area contributed by atoms with E-state index in [9.17, 15) is 15.0 Å². The lowest BCUT2D eigenvalue weighted by Crippen LogP contribution is -2.44. The molecule has 0 spiro atoms. The van der Waals surface area contributed by atoms with Crippen LogP contribution in [0.15, 0.2) is 52.0 Å². The van der Waals surface area contributed by atoms with Gasteiger partial charge in [0.2, 0.25) is 0 Å². The van der Waals surface area contributed by atoms with Gasteiger partial charge in [-0.3, -0.25) is 0 Å². The van der Waals surface area contributed by atoms with E-state index in [-0.39, 0.29) is 35.0 Å². The Hall–Kier alpha value is -2.44. The number of ether oxygens (including phenoxy) is 1. The zero-order chi connectivity index (χ0) is 25.3. The summed E-state index contributed by atoms with van der Waals surface area (Å²) in [6.45, 7) is 12.2. The third kappa shape index (κ3) is 5.61. The summed E-state index contributed by atoms with van der Waals surface area (Å²) in [4.78, 5) is 14.4. The molecule has 0 radical (unpaired) electrons. The van der Waals surface area contributed by atoms with Crippen molar-refractivity contribution in [1.29, 1.82) is 0 Å². The van der Waals surface area contributed by atoms with Crippen molar-refractivity contribution >= 4 is 23.4 Å². The van der Waals surface area contributed by atoms with Crippen LogP contribution in [0.3, 0.4) is 0 Å². The molecule has 0 fully saturated rings. The van der Waals surface area contributed by atoms with Crippen molar-refractivity contribution in [3.63, 3.8) is 0 Å². The third-order valence-corrected chi connectivity index (χ3v) is 7.87. The molecule has 1 heterocycles. The molecule has 3 rings (SSSR count). The first-order valence-electron chi connectivity index (χ1n) is 11.8. The van der Waals surface area contributed by atoms with Gasteiger partial charge in [-0.25, -0.2) is 4.79 Å². The molecule has 2 aromatic carbocycles. The molecule has 5 nitrogen and oxygen atoms in total. The highest BCUT2D eigenvalue weighted by molar-refractivity contribution is 8.04. The molecule has 1 aliphatic rings. The average molecular weight is 484 g/mol. The van der Waals surface area contributed by atoms with Gasteiger partial charge in [-0.2, -0.15) is 0 Å². The topological polar surface area (TPSA) is 92.8 Å². The molecule has 0 bridgehead atoms. The van der Waals surface area contributed by atoms with Crippen molar-refractivity contribution in [3.8, 4) is 0 Å². The molecular weight excluding hydrogens is 446 g/mol. The van der Waals surface area contributed by atoms with E-state index in [2.05, 4.69) is 20.8 Å². The smallest absolute Gasteiger partial charge is 0.349 e. The van der Waals surface area contributed by atoms with Gasteiger partial charge >= 0.3 is 5.97 Å².